The SMILES string of the molecule is CC(C)(C)NCc1cc(F)c(N2CCSCC2)c(F)c1. The van der Waals surface area contributed by atoms with Crippen LogP contribution in [0.25, 0.3) is 0 Å². The summed E-state index contributed by atoms with van der Waals surface area (Å²) in [7, 11) is 0. The van der Waals surface area contributed by atoms with Crippen LogP contribution in [0.15, 0.2) is 12.1 Å². The maximum atomic E-state index is 14.2. The van der Waals surface area contributed by atoms with Crippen molar-refractivity contribution in [3.63, 3.8) is 0 Å². The van der Waals surface area contributed by atoms with Crippen molar-refractivity contribution in [2.75, 3.05) is 29.5 Å². The fourth-order valence-electron chi connectivity index (χ4n) is 2.18. The van der Waals surface area contributed by atoms with Crippen LogP contribution in [-0.2, 0) is 6.54 Å². The zero-order chi connectivity index (χ0) is 14.8. The average Bonchev–Trinajstić information content (AvgIpc) is 2.36. The third-order valence-corrected chi connectivity index (χ3v) is 4.17. The summed E-state index contributed by atoms with van der Waals surface area (Å²) in [6.07, 6.45) is 0. The smallest absolute Gasteiger partial charge is 0.149 e. The lowest BCUT2D eigenvalue weighted by Crippen LogP contribution is -2.35. The van der Waals surface area contributed by atoms with E-state index in [0.717, 1.165) is 11.5 Å². The topological polar surface area (TPSA) is 15.3 Å². The predicted molar refractivity (Wildman–Crippen MR) is 82.5 cm³/mol. The van der Waals surface area contributed by atoms with E-state index in [0.29, 0.717) is 25.2 Å². The molecule has 1 aromatic carbocycles. The first-order valence-electron chi connectivity index (χ1n) is 6.92. The second-order valence-electron chi connectivity index (χ2n) is 6.11. The number of halogens is 2. The van der Waals surface area contributed by atoms with Crippen LogP contribution in [0.3, 0.4) is 0 Å². The molecule has 1 aromatic rings. The second kappa shape index (κ2) is 6.31. The summed E-state index contributed by atoms with van der Waals surface area (Å²) in [5, 5.41) is 3.24. The van der Waals surface area contributed by atoms with Gasteiger partial charge in [0.2, 0.25) is 0 Å². The molecule has 0 atom stereocenters. The molecule has 0 spiro atoms. The summed E-state index contributed by atoms with van der Waals surface area (Å²) in [4.78, 5) is 1.81. The molecule has 0 radical (unpaired) electrons. The first-order valence-corrected chi connectivity index (χ1v) is 8.08. The van der Waals surface area contributed by atoms with E-state index in [1.165, 1.54) is 12.1 Å². The van der Waals surface area contributed by atoms with Crippen molar-refractivity contribution in [3.8, 4) is 0 Å². The van der Waals surface area contributed by atoms with Gasteiger partial charge in [-0.3, -0.25) is 0 Å². The summed E-state index contributed by atoms with van der Waals surface area (Å²) in [5.41, 5.74) is 0.699. The van der Waals surface area contributed by atoms with Gasteiger partial charge in [0.25, 0.3) is 0 Å². The molecule has 2 rings (SSSR count). The standard InChI is InChI=1S/C15H22F2N2S/c1-15(2,3)18-10-11-8-12(16)14(13(17)9-11)19-4-6-20-7-5-19/h8-9,18H,4-7,10H2,1-3H3. The van der Waals surface area contributed by atoms with Crippen molar-refractivity contribution in [1.82, 2.24) is 5.32 Å². The van der Waals surface area contributed by atoms with Gasteiger partial charge in [-0.1, -0.05) is 0 Å². The highest BCUT2D eigenvalue weighted by molar-refractivity contribution is 7.99. The lowest BCUT2D eigenvalue weighted by molar-refractivity contribution is 0.422. The molecule has 0 bridgehead atoms. The van der Waals surface area contributed by atoms with E-state index < -0.39 is 11.6 Å². The molecule has 1 heterocycles. The van der Waals surface area contributed by atoms with Gasteiger partial charge in [-0.15, -0.1) is 0 Å². The fraction of sp³-hybridized carbons (Fsp3) is 0.600. The number of benzene rings is 1. The highest BCUT2D eigenvalue weighted by Crippen LogP contribution is 2.27. The van der Waals surface area contributed by atoms with Gasteiger partial charge < -0.3 is 10.2 Å². The Balaban J connectivity index is 2.15. The van der Waals surface area contributed by atoms with Crippen LogP contribution >= 0.6 is 11.8 Å². The Morgan fingerprint density at radius 3 is 2.20 bits per heavy atom. The van der Waals surface area contributed by atoms with Crippen molar-refractivity contribution in [2.45, 2.75) is 32.9 Å². The van der Waals surface area contributed by atoms with E-state index in [1.54, 1.807) is 0 Å². The second-order valence-corrected chi connectivity index (χ2v) is 7.34. The number of hydrogen-bond donors (Lipinski definition) is 1. The van der Waals surface area contributed by atoms with Crippen LogP contribution in [-0.4, -0.2) is 30.1 Å². The van der Waals surface area contributed by atoms with Crippen LogP contribution in [0.5, 0.6) is 0 Å². The maximum Gasteiger partial charge on any atom is 0.149 e. The van der Waals surface area contributed by atoms with E-state index in [1.807, 2.05) is 37.4 Å². The maximum absolute atomic E-state index is 14.2. The number of anilines is 1. The molecule has 2 nitrogen and oxygen atoms in total. The molecule has 0 amide bonds. The van der Waals surface area contributed by atoms with E-state index in [-0.39, 0.29) is 11.2 Å². The summed E-state index contributed by atoms with van der Waals surface area (Å²) < 4.78 is 28.4. The molecule has 0 saturated carbocycles. The van der Waals surface area contributed by atoms with Gasteiger partial charge in [-0.2, -0.15) is 11.8 Å². The first kappa shape index (κ1) is 15.6. The van der Waals surface area contributed by atoms with Gasteiger partial charge in [0.1, 0.15) is 17.3 Å². The lowest BCUT2D eigenvalue weighted by Gasteiger charge is -2.29. The Labute approximate surface area is 123 Å². The van der Waals surface area contributed by atoms with Crippen LogP contribution in [0.2, 0.25) is 0 Å². The molecular weight excluding hydrogens is 278 g/mol. The van der Waals surface area contributed by atoms with Gasteiger partial charge in [-0.25, -0.2) is 8.78 Å². The van der Waals surface area contributed by atoms with Gasteiger partial charge in [0, 0.05) is 36.7 Å². The summed E-state index contributed by atoms with van der Waals surface area (Å²) >= 11 is 1.82. The minimum Gasteiger partial charge on any atom is -0.365 e. The first-order chi connectivity index (χ1) is 9.37. The van der Waals surface area contributed by atoms with Gasteiger partial charge in [0.05, 0.1) is 0 Å². The minimum atomic E-state index is -0.456. The number of nitrogens with zero attached hydrogens (tertiary/aromatic N) is 1. The van der Waals surface area contributed by atoms with Crippen molar-refractivity contribution >= 4 is 17.4 Å². The Morgan fingerprint density at radius 2 is 1.70 bits per heavy atom. The molecule has 5 heteroatoms. The zero-order valence-corrected chi connectivity index (χ0v) is 13.1. The van der Waals surface area contributed by atoms with E-state index >= 15 is 0 Å². The molecule has 0 aromatic heterocycles. The highest BCUT2D eigenvalue weighted by atomic mass is 32.2. The molecule has 1 saturated heterocycles. The summed E-state index contributed by atoms with van der Waals surface area (Å²) in [5.74, 6) is 0.934. The van der Waals surface area contributed by atoms with Crippen LogP contribution < -0.4 is 10.2 Å². The third-order valence-electron chi connectivity index (χ3n) is 3.23. The van der Waals surface area contributed by atoms with Crippen molar-refractivity contribution in [3.05, 3.63) is 29.3 Å². The number of nitrogens with one attached hydrogen (secondary N) is 1. The molecule has 0 aliphatic carbocycles. The quantitative estimate of drug-likeness (QED) is 0.921. The van der Waals surface area contributed by atoms with Gasteiger partial charge in [0.15, 0.2) is 0 Å². The Morgan fingerprint density at radius 1 is 1.15 bits per heavy atom. The van der Waals surface area contributed by atoms with E-state index in [2.05, 4.69) is 5.32 Å². The van der Waals surface area contributed by atoms with Crippen molar-refractivity contribution < 1.29 is 8.78 Å². The molecule has 1 aliphatic heterocycles. The number of rotatable bonds is 3. The molecule has 112 valence electrons. The van der Waals surface area contributed by atoms with Crippen LogP contribution in [0, 0.1) is 11.6 Å². The van der Waals surface area contributed by atoms with Crippen LogP contribution in [0.1, 0.15) is 26.3 Å². The number of thioether (sulfide) groups is 1. The van der Waals surface area contributed by atoms with E-state index in [4.69, 9.17) is 0 Å². The summed E-state index contributed by atoms with van der Waals surface area (Å²) in [6, 6.07) is 2.89. The van der Waals surface area contributed by atoms with E-state index in [9.17, 15) is 8.78 Å². The Hall–Kier alpha value is -0.810. The minimum absolute atomic E-state index is 0.0737. The Kier molecular flexibility index (Phi) is 4.91. The lowest BCUT2D eigenvalue weighted by atomic mass is 10.1. The van der Waals surface area contributed by atoms with Crippen molar-refractivity contribution in [2.24, 2.45) is 0 Å². The van der Waals surface area contributed by atoms with Gasteiger partial charge in [-0.05, 0) is 38.5 Å². The highest BCUT2D eigenvalue weighted by Gasteiger charge is 2.20. The largest absolute Gasteiger partial charge is 0.365 e. The third kappa shape index (κ3) is 4.09. The predicted octanol–water partition coefficient (Wildman–Crippen LogP) is 3.41. The average molecular weight is 300 g/mol. The summed E-state index contributed by atoms with van der Waals surface area (Å²) in [6.45, 7) is 7.96. The fourth-order valence-corrected chi connectivity index (χ4v) is 3.08. The van der Waals surface area contributed by atoms with Crippen LogP contribution in [0.4, 0.5) is 14.5 Å². The molecule has 1 fully saturated rings. The molecule has 0 unspecified atom stereocenters. The zero-order valence-electron chi connectivity index (χ0n) is 12.3. The molecule has 20 heavy (non-hydrogen) atoms. The monoisotopic (exact) mass is 300 g/mol. The normalized spacial score (nSPS) is 16.6. The Bertz CT molecular complexity index is 442. The van der Waals surface area contributed by atoms with Crippen molar-refractivity contribution in [1.29, 1.82) is 0 Å². The molecular formula is C15H22F2N2S. The molecule has 1 N–H and O–H groups in total. The van der Waals surface area contributed by atoms with Gasteiger partial charge >= 0.3 is 0 Å². The molecule has 1 aliphatic rings. The number of hydrogen-bond acceptors (Lipinski definition) is 3.